The lowest BCUT2D eigenvalue weighted by atomic mass is 9.93. The number of alkyl halides is 3. The Balaban J connectivity index is 1.56. The molecule has 0 saturated carbocycles. The normalized spacial score (nSPS) is 13.2. The lowest BCUT2D eigenvalue weighted by Gasteiger charge is -2.12. The quantitative estimate of drug-likeness (QED) is 0.274. The molecule has 0 aliphatic carbocycles. The van der Waals surface area contributed by atoms with E-state index < -0.39 is 17.7 Å². The maximum absolute atomic E-state index is 13.1. The predicted octanol–water partition coefficient (Wildman–Crippen LogP) is 7.63. The summed E-state index contributed by atoms with van der Waals surface area (Å²) in [6.07, 6.45) is 0.276. The van der Waals surface area contributed by atoms with Gasteiger partial charge < -0.3 is 15.0 Å². The van der Waals surface area contributed by atoms with E-state index in [-0.39, 0.29) is 0 Å². The third-order valence-electron chi connectivity index (χ3n) is 6.31. The van der Waals surface area contributed by atoms with E-state index in [2.05, 4.69) is 9.88 Å². The summed E-state index contributed by atoms with van der Waals surface area (Å²) in [7, 11) is 0. The molecule has 4 aromatic rings. The van der Waals surface area contributed by atoms with Crippen molar-refractivity contribution in [3.63, 3.8) is 0 Å². The molecule has 7 heteroatoms. The van der Waals surface area contributed by atoms with Crippen LogP contribution in [0.1, 0.15) is 23.4 Å². The largest absolute Gasteiger partial charge is 0.478 e. The maximum atomic E-state index is 13.1. The van der Waals surface area contributed by atoms with Crippen LogP contribution in [0.5, 0.6) is 0 Å². The number of carboxylic acid groups (broad SMARTS) is 1. The van der Waals surface area contributed by atoms with Gasteiger partial charge in [0.15, 0.2) is 0 Å². The van der Waals surface area contributed by atoms with Crippen LogP contribution in [0.2, 0.25) is 0 Å². The third-order valence-corrected chi connectivity index (χ3v) is 6.31. The smallest absolute Gasteiger partial charge is 0.416 e. The number of hydrogen-bond donors (Lipinski definition) is 2. The number of carboxylic acids is 1. The predicted molar refractivity (Wildman–Crippen MR) is 135 cm³/mol. The summed E-state index contributed by atoms with van der Waals surface area (Å²) in [5.74, 6) is -1.02. The first kappa shape index (κ1) is 23.5. The Hall–Kier alpha value is -4.26. The Morgan fingerprint density at radius 2 is 1.61 bits per heavy atom. The molecule has 1 aliphatic heterocycles. The van der Waals surface area contributed by atoms with Gasteiger partial charge in [0.2, 0.25) is 0 Å². The van der Waals surface area contributed by atoms with E-state index in [1.54, 1.807) is 12.1 Å². The Kier molecular flexibility index (Phi) is 6.14. The molecule has 0 atom stereocenters. The average molecular weight is 489 g/mol. The molecule has 0 radical (unpaired) electrons. The molecule has 4 nitrogen and oxygen atoms in total. The highest BCUT2D eigenvalue weighted by Gasteiger charge is 2.30. The number of hydrogen-bond acceptors (Lipinski definition) is 2. The average Bonchev–Trinajstić information content (AvgIpc) is 3.44. The molecule has 1 aromatic heterocycles. The Morgan fingerprint density at radius 3 is 2.31 bits per heavy atom. The van der Waals surface area contributed by atoms with E-state index in [0.29, 0.717) is 11.4 Å². The van der Waals surface area contributed by atoms with Crippen LogP contribution in [-0.2, 0) is 23.9 Å². The molecule has 0 amide bonds. The van der Waals surface area contributed by atoms with E-state index in [1.165, 1.54) is 11.8 Å². The second kappa shape index (κ2) is 9.41. The van der Waals surface area contributed by atoms with E-state index in [9.17, 15) is 23.1 Å². The summed E-state index contributed by atoms with van der Waals surface area (Å²) >= 11 is 0. The van der Waals surface area contributed by atoms with E-state index in [0.717, 1.165) is 65.5 Å². The second-order valence-electron chi connectivity index (χ2n) is 8.66. The zero-order chi connectivity index (χ0) is 25.3. The number of aliphatic carboxylic acids is 1. The van der Waals surface area contributed by atoms with Crippen molar-refractivity contribution in [2.45, 2.75) is 25.6 Å². The van der Waals surface area contributed by atoms with Crippen molar-refractivity contribution in [2.75, 3.05) is 5.32 Å². The van der Waals surface area contributed by atoms with Crippen molar-refractivity contribution in [3.8, 4) is 22.3 Å². The van der Waals surface area contributed by atoms with Crippen LogP contribution >= 0.6 is 0 Å². The van der Waals surface area contributed by atoms with E-state index in [1.807, 2.05) is 54.6 Å². The number of carbonyl (C=O) groups is 1. The van der Waals surface area contributed by atoms with Gasteiger partial charge in [0, 0.05) is 46.5 Å². The van der Waals surface area contributed by atoms with Crippen molar-refractivity contribution in [2.24, 2.45) is 0 Å². The van der Waals surface area contributed by atoms with Crippen LogP contribution in [0, 0.1) is 0 Å². The van der Waals surface area contributed by atoms with Gasteiger partial charge in [0.05, 0.1) is 5.56 Å². The first-order chi connectivity index (χ1) is 17.3. The summed E-state index contributed by atoms with van der Waals surface area (Å²) < 4.78 is 41.4. The Bertz CT molecular complexity index is 1440. The minimum atomic E-state index is -4.41. The van der Waals surface area contributed by atoms with Gasteiger partial charge in [-0.1, -0.05) is 48.5 Å². The first-order valence-corrected chi connectivity index (χ1v) is 11.6. The summed E-state index contributed by atoms with van der Waals surface area (Å²) in [6.45, 7) is 0.809. The highest BCUT2D eigenvalue weighted by molar-refractivity contribution is 5.94. The summed E-state index contributed by atoms with van der Waals surface area (Å²) in [6, 6.07) is 22.5. The number of anilines is 2. The van der Waals surface area contributed by atoms with Crippen molar-refractivity contribution in [1.29, 1.82) is 0 Å². The SMILES string of the molecule is O=C(O)/C=C/c1c(-c2ccc(Nc3cccc(C(F)(F)F)c3)cc2)c(-c2ccccc2)c2n1CCC2. The minimum absolute atomic E-state index is 0.343. The fourth-order valence-electron chi connectivity index (χ4n) is 4.80. The van der Waals surface area contributed by atoms with Gasteiger partial charge in [0.25, 0.3) is 0 Å². The lowest BCUT2D eigenvalue weighted by molar-refractivity contribution is -0.137. The van der Waals surface area contributed by atoms with Crippen LogP contribution in [0.3, 0.4) is 0 Å². The molecule has 2 N–H and O–H groups in total. The second-order valence-corrected chi connectivity index (χ2v) is 8.66. The van der Waals surface area contributed by atoms with Crippen LogP contribution < -0.4 is 5.32 Å². The molecule has 1 aliphatic rings. The first-order valence-electron chi connectivity index (χ1n) is 11.6. The highest BCUT2D eigenvalue weighted by atomic mass is 19.4. The fourth-order valence-corrected chi connectivity index (χ4v) is 4.80. The van der Waals surface area contributed by atoms with Gasteiger partial charge in [-0.25, -0.2) is 4.79 Å². The molecule has 0 unspecified atom stereocenters. The molecule has 5 rings (SSSR count). The van der Waals surface area contributed by atoms with Gasteiger partial charge in [-0.05, 0) is 60.4 Å². The van der Waals surface area contributed by atoms with Crippen molar-refractivity contribution in [3.05, 3.63) is 102 Å². The topological polar surface area (TPSA) is 54.3 Å². The van der Waals surface area contributed by atoms with Gasteiger partial charge in [0.1, 0.15) is 0 Å². The lowest BCUT2D eigenvalue weighted by Crippen LogP contribution is -2.05. The Labute approximate surface area is 206 Å². The standard InChI is InChI=1S/C29H23F3N2O2/c30-29(31,32)21-8-4-9-23(18-21)33-22-13-11-20(12-14-22)28-25(15-16-26(35)36)34-17-5-10-24(34)27(28)19-6-2-1-3-7-19/h1-4,6-9,11-16,18,33H,5,10,17H2,(H,35,36)/b16-15+. The summed E-state index contributed by atoms with van der Waals surface area (Å²) in [4.78, 5) is 11.3. The van der Waals surface area contributed by atoms with Crippen LogP contribution in [-0.4, -0.2) is 15.6 Å². The molecule has 182 valence electrons. The minimum Gasteiger partial charge on any atom is -0.478 e. The maximum Gasteiger partial charge on any atom is 0.416 e. The number of fused-ring (bicyclic) bond motifs is 1. The monoisotopic (exact) mass is 488 g/mol. The molecule has 0 bridgehead atoms. The molecule has 0 fully saturated rings. The van der Waals surface area contributed by atoms with E-state index >= 15 is 0 Å². The van der Waals surface area contributed by atoms with Gasteiger partial charge in [-0.3, -0.25) is 0 Å². The summed E-state index contributed by atoms with van der Waals surface area (Å²) in [5, 5.41) is 12.3. The van der Waals surface area contributed by atoms with Crippen molar-refractivity contribution >= 4 is 23.4 Å². The van der Waals surface area contributed by atoms with Gasteiger partial charge >= 0.3 is 12.1 Å². The number of benzene rings is 3. The van der Waals surface area contributed by atoms with Crippen LogP contribution in [0.25, 0.3) is 28.3 Å². The molecule has 3 aromatic carbocycles. The molecule has 36 heavy (non-hydrogen) atoms. The van der Waals surface area contributed by atoms with E-state index in [4.69, 9.17) is 0 Å². The molecular formula is C29H23F3N2O2. The number of halogens is 3. The molecule has 0 saturated heterocycles. The summed E-state index contributed by atoms with van der Waals surface area (Å²) in [5.41, 5.74) is 6.26. The molecular weight excluding hydrogens is 465 g/mol. The third kappa shape index (κ3) is 4.64. The van der Waals surface area contributed by atoms with Gasteiger partial charge in [-0.2, -0.15) is 13.2 Å². The highest BCUT2D eigenvalue weighted by Crippen LogP contribution is 2.43. The fraction of sp³-hybridized carbons (Fsp3) is 0.138. The Morgan fingerprint density at radius 1 is 0.889 bits per heavy atom. The molecule has 2 heterocycles. The van der Waals surface area contributed by atoms with Crippen LogP contribution in [0.15, 0.2) is 84.9 Å². The molecule has 0 spiro atoms. The van der Waals surface area contributed by atoms with Crippen molar-refractivity contribution < 1.29 is 23.1 Å². The number of rotatable bonds is 6. The number of nitrogens with zero attached hydrogens (tertiary/aromatic N) is 1. The van der Waals surface area contributed by atoms with Crippen LogP contribution in [0.4, 0.5) is 24.5 Å². The number of aromatic nitrogens is 1. The zero-order valence-electron chi connectivity index (χ0n) is 19.2. The van der Waals surface area contributed by atoms with Gasteiger partial charge in [-0.15, -0.1) is 0 Å². The number of nitrogens with one attached hydrogen (secondary N) is 1. The zero-order valence-corrected chi connectivity index (χ0v) is 19.2. The van der Waals surface area contributed by atoms with Crippen molar-refractivity contribution in [1.82, 2.24) is 4.57 Å².